The first-order valence-electron chi connectivity index (χ1n) is 9.63. The average Bonchev–Trinajstić information content (AvgIpc) is 2.80. The van der Waals surface area contributed by atoms with E-state index in [4.69, 9.17) is 16.3 Å². The zero-order chi connectivity index (χ0) is 22.9. The molecule has 0 aliphatic carbocycles. The molecule has 0 saturated heterocycles. The summed E-state index contributed by atoms with van der Waals surface area (Å²) in [5, 5.41) is 7.09. The van der Waals surface area contributed by atoms with Crippen LogP contribution in [-0.4, -0.2) is 30.6 Å². The third-order valence-electron chi connectivity index (χ3n) is 4.30. The van der Waals surface area contributed by atoms with Gasteiger partial charge in [0.15, 0.2) is 6.61 Å². The number of ether oxygens (including phenoxy) is 1. The van der Waals surface area contributed by atoms with Crippen molar-refractivity contribution in [3.63, 3.8) is 0 Å². The van der Waals surface area contributed by atoms with Gasteiger partial charge in [-0.05, 0) is 61.0 Å². The fraction of sp³-hybridized carbons (Fsp3) is 0.0833. The molecule has 7 nitrogen and oxygen atoms in total. The number of aryl methyl sites for hydroxylation is 1. The molecule has 2 N–H and O–H groups in total. The van der Waals surface area contributed by atoms with Crippen LogP contribution in [0.3, 0.4) is 0 Å². The zero-order valence-corrected chi connectivity index (χ0v) is 17.9. The SMILES string of the molecule is Cc1ccc(NC(=O)COC(=O)c2ccc(/C=N/NC(=O)c3ccc(Cl)cc3)cc2)cc1. The Hall–Kier alpha value is -3.97. The van der Waals surface area contributed by atoms with Gasteiger partial charge in [-0.3, -0.25) is 9.59 Å². The van der Waals surface area contributed by atoms with E-state index in [1.54, 1.807) is 60.7 Å². The van der Waals surface area contributed by atoms with Crippen molar-refractivity contribution in [1.29, 1.82) is 0 Å². The number of halogens is 1. The topological polar surface area (TPSA) is 96.9 Å². The Morgan fingerprint density at radius 1 is 0.906 bits per heavy atom. The number of esters is 1. The molecule has 162 valence electrons. The molecule has 0 spiro atoms. The molecule has 0 saturated carbocycles. The van der Waals surface area contributed by atoms with Gasteiger partial charge >= 0.3 is 5.97 Å². The van der Waals surface area contributed by atoms with Crippen LogP contribution < -0.4 is 10.7 Å². The molecule has 32 heavy (non-hydrogen) atoms. The third-order valence-corrected chi connectivity index (χ3v) is 4.55. The Morgan fingerprint density at radius 2 is 1.53 bits per heavy atom. The van der Waals surface area contributed by atoms with Crippen molar-refractivity contribution in [3.8, 4) is 0 Å². The van der Waals surface area contributed by atoms with Crippen LogP contribution in [0, 0.1) is 6.92 Å². The zero-order valence-electron chi connectivity index (χ0n) is 17.2. The molecular formula is C24H20ClN3O4. The number of benzene rings is 3. The Balaban J connectivity index is 1.46. The lowest BCUT2D eigenvalue weighted by Crippen LogP contribution is -2.20. The quantitative estimate of drug-likeness (QED) is 0.321. The maximum Gasteiger partial charge on any atom is 0.338 e. The highest BCUT2D eigenvalue weighted by Crippen LogP contribution is 2.10. The number of anilines is 1. The van der Waals surface area contributed by atoms with E-state index in [9.17, 15) is 14.4 Å². The summed E-state index contributed by atoms with van der Waals surface area (Å²) in [6, 6.07) is 20.1. The molecule has 3 aromatic carbocycles. The van der Waals surface area contributed by atoms with Crippen molar-refractivity contribution in [3.05, 3.63) is 100 Å². The maximum absolute atomic E-state index is 12.1. The summed E-state index contributed by atoms with van der Waals surface area (Å²) in [5.74, 6) is -1.42. The minimum absolute atomic E-state index is 0.287. The summed E-state index contributed by atoms with van der Waals surface area (Å²) in [4.78, 5) is 36.1. The molecule has 0 bridgehead atoms. The van der Waals surface area contributed by atoms with Gasteiger partial charge in [-0.1, -0.05) is 41.4 Å². The van der Waals surface area contributed by atoms with Crippen LogP contribution in [0.15, 0.2) is 77.9 Å². The number of amides is 2. The summed E-state index contributed by atoms with van der Waals surface area (Å²) < 4.78 is 5.04. The smallest absolute Gasteiger partial charge is 0.338 e. The number of nitrogens with zero attached hydrogens (tertiary/aromatic N) is 1. The fourth-order valence-electron chi connectivity index (χ4n) is 2.58. The van der Waals surface area contributed by atoms with Crippen LogP contribution in [-0.2, 0) is 9.53 Å². The van der Waals surface area contributed by atoms with E-state index in [0.29, 0.717) is 21.8 Å². The van der Waals surface area contributed by atoms with Crippen molar-refractivity contribution in [2.24, 2.45) is 5.10 Å². The second kappa shape index (κ2) is 10.9. The van der Waals surface area contributed by atoms with Crippen molar-refractivity contribution in [2.45, 2.75) is 6.92 Å². The highest BCUT2D eigenvalue weighted by molar-refractivity contribution is 6.30. The van der Waals surface area contributed by atoms with Gasteiger partial charge in [0, 0.05) is 16.3 Å². The number of carbonyl (C=O) groups is 3. The van der Waals surface area contributed by atoms with E-state index < -0.39 is 18.5 Å². The molecular weight excluding hydrogens is 430 g/mol. The molecule has 0 aliphatic rings. The lowest BCUT2D eigenvalue weighted by Gasteiger charge is -2.07. The molecule has 3 rings (SSSR count). The van der Waals surface area contributed by atoms with E-state index in [1.165, 1.54) is 6.21 Å². The van der Waals surface area contributed by atoms with Crippen LogP contribution in [0.25, 0.3) is 0 Å². The Morgan fingerprint density at radius 3 is 2.19 bits per heavy atom. The van der Waals surface area contributed by atoms with E-state index in [2.05, 4.69) is 15.8 Å². The predicted octanol–water partition coefficient (Wildman–Crippen LogP) is 4.21. The second-order valence-electron chi connectivity index (χ2n) is 6.82. The molecule has 0 aromatic heterocycles. The van der Waals surface area contributed by atoms with Crippen molar-refractivity contribution >= 4 is 41.3 Å². The Kier molecular flexibility index (Phi) is 7.72. The predicted molar refractivity (Wildman–Crippen MR) is 123 cm³/mol. The third kappa shape index (κ3) is 6.78. The largest absolute Gasteiger partial charge is 0.452 e. The monoisotopic (exact) mass is 449 g/mol. The van der Waals surface area contributed by atoms with E-state index >= 15 is 0 Å². The normalized spacial score (nSPS) is 10.6. The molecule has 0 unspecified atom stereocenters. The van der Waals surface area contributed by atoms with Gasteiger partial charge in [-0.25, -0.2) is 10.2 Å². The number of hydrazone groups is 1. The Labute approximate surface area is 190 Å². The first-order valence-corrected chi connectivity index (χ1v) is 10.0. The highest BCUT2D eigenvalue weighted by Gasteiger charge is 2.10. The average molecular weight is 450 g/mol. The van der Waals surface area contributed by atoms with Gasteiger partial charge in [0.2, 0.25) is 0 Å². The minimum atomic E-state index is -0.622. The van der Waals surface area contributed by atoms with Crippen LogP contribution in [0.2, 0.25) is 5.02 Å². The minimum Gasteiger partial charge on any atom is -0.452 e. The summed E-state index contributed by atoms with van der Waals surface area (Å²) in [6.45, 7) is 1.55. The van der Waals surface area contributed by atoms with E-state index in [0.717, 1.165) is 5.56 Å². The van der Waals surface area contributed by atoms with Gasteiger partial charge in [0.05, 0.1) is 11.8 Å². The molecule has 0 radical (unpaired) electrons. The molecule has 8 heteroatoms. The van der Waals surface area contributed by atoms with Gasteiger partial charge in [-0.15, -0.1) is 0 Å². The molecule has 0 fully saturated rings. The summed E-state index contributed by atoms with van der Waals surface area (Å²) in [5.41, 5.74) is 5.49. The first kappa shape index (κ1) is 22.7. The molecule has 3 aromatic rings. The Bertz CT molecular complexity index is 1130. The number of carbonyl (C=O) groups excluding carboxylic acids is 3. The second-order valence-corrected chi connectivity index (χ2v) is 7.25. The number of hydrogen-bond acceptors (Lipinski definition) is 5. The number of nitrogens with one attached hydrogen (secondary N) is 2. The van der Waals surface area contributed by atoms with Gasteiger partial charge in [0.1, 0.15) is 0 Å². The van der Waals surface area contributed by atoms with E-state index in [-0.39, 0.29) is 11.5 Å². The first-order chi connectivity index (χ1) is 15.4. The number of hydrogen-bond donors (Lipinski definition) is 2. The van der Waals surface area contributed by atoms with Crippen molar-refractivity contribution in [1.82, 2.24) is 5.43 Å². The molecule has 2 amide bonds. The van der Waals surface area contributed by atoms with Gasteiger partial charge in [0.25, 0.3) is 11.8 Å². The van der Waals surface area contributed by atoms with Crippen LogP contribution in [0.1, 0.15) is 31.8 Å². The standard InChI is InChI=1S/C24H20ClN3O4/c1-16-2-12-21(13-3-16)27-22(29)15-32-24(31)19-6-4-17(5-7-19)14-26-28-23(30)18-8-10-20(25)11-9-18/h2-14H,15H2,1H3,(H,27,29)(H,28,30)/b26-14+. The summed E-state index contributed by atoms with van der Waals surface area (Å²) in [6.07, 6.45) is 1.44. The maximum atomic E-state index is 12.1. The lowest BCUT2D eigenvalue weighted by molar-refractivity contribution is -0.119. The van der Waals surface area contributed by atoms with Gasteiger partial charge < -0.3 is 10.1 Å². The van der Waals surface area contributed by atoms with Gasteiger partial charge in [-0.2, -0.15) is 5.10 Å². The van der Waals surface area contributed by atoms with Crippen LogP contribution in [0.5, 0.6) is 0 Å². The molecule has 0 aliphatic heterocycles. The van der Waals surface area contributed by atoms with Crippen LogP contribution in [0.4, 0.5) is 5.69 Å². The van der Waals surface area contributed by atoms with Crippen molar-refractivity contribution < 1.29 is 19.1 Å². The fourth-order valence-corrected chi connectivity index (χ4v) is 2.71. The summed E-state index contributed by atoms with van der Waals surface area (Å²) in [7, 11) is 0. The van der Waals surface area contributed by atoms with Crippen molar-refractivity contribution in [2.75, 3.05) is 11.9 Å². The number of rotatable bonds is 7. The molecule has 0 atom stereocenters. The lowest BCUT2D eigenvalue weighted by atomic mass is 10.1. The highest BCUT2D eigenvalue weighted by atomic mass is 35.5. The van der Waals surface area contributed by atoms with Crippen LogP contribution >= 0.6 is 11.6 Å². The summed E-state index contributed by atoms with van der Waals surface area (Å²) >= 11 is 5.79. The molecule has 0 heterocycles. The van der Waals surface area contributed by atoms with E-state index in [1.807, 2.05) is 19.1 Å².